The molecule has 0 atom stereocenters. The zero-order valence-corrected chi connectivity index (χ0v) is 12.0. The molecule has 0 spiro atoms. The third-order valence-corrected chi connectivity index (χ3v) is 2.80. The molecule has 2 N–H and O–H groups in total. The highest BCUT2D eigenvalue weighted by atomic mass is 35.5. The fourth-order valence-electron chi connectivity index (χ4n) is 1.49. The van der Waals surface area contributed by atoms with Crippen LogP contribution in [0.4, 0.5) is 0 Å². The first-order valence-electron chi connectivity index (χ1n) is 5.70. The van der Waals surface area contributed by atoms with Gasteiger partial charge in [0, 0.05) is 12.1 Å². The lowest BCUT2D eigenvalue weighted by molar-refractivity contribution is 0.0690. The molecule has 1 amide bonds. The quantitative estimate of drug-likeness (QED) is 0.795. The summed E-state index contributed by atoms with van der Waals surface area (Å²) < 4.78 is 1.32. The van der Waals surface area contributed by atoms with Gasteiger partial charge in [-0.3, -0.25) is 4.79 Å². The molecule has 0 aromatic carbocycles. The number of carbonyl (C=O) groups is 2. The van der Waals surface area contributed by atoms with Crippen LogP contribution < -0.4 is 5.32 Å². The normalized spacial score (nSPS) is 10.4. The van der Waals surface area contributed by atoms with Crippen molar-refractivity contribution in [3.8, 4) is 0 Å². The van der Waals surface area contributed by atoms with Gasteiger partial charge in [-0.25, -0.2) is 14.5 Å². The molecule has 110 valence electrons. The molecule has 2 aromatic rings. The van der Waals surface area contributed by atoms with Crippen LogP contribution in [0.3, 0.4) is 0 Å². The van der Waals surface area contributed by atoms with Crippen molar-refractivity contribution >= 4 is 35.1 Å². The largest absolute Gasteiger partial charge is 0.476 e. The molecule has 0 aliphatic carbocycles. The Kier molecular flexibility index (Phi) is 4.71. The highest BCUT2D eigenvalue weighted by Gasteiger charge is 2.10. The van der Waals surface area contributed by atoms with E-state index in [4.69, 9.17) is 28.3 Å². The number of nitrogens with zero attached hydrogens (tertiary/aromatic N) is 4. The van der Waals surface area contributed by atoms with Crippen molar-refractivity contribution < 1.29 is 14.7 Å². The molecule has 2 rings (SSSR count). The number of carboxylic acids is 1. The van der Waals surface area contributed by atoms with Gasteiger partial charge in [0.25, 0.3) is 5.91 Å². The van der Waals surface area contributed by atoms with E-state index in [1.165, 1.54) is 23.0 Å². The summed E-state index contributed by atoms with van der Waals surface area (Å²) in [6, 6.07) is 2.78. The van der Waals surface area contributed by atoms with E-state index in [-0.39, 0.29) is 40.6 Å². The monoisotopic (exact) mass is 329 g/mol. The lowest BCUT2D eigenvalue weighted by Crippen LogP contribution is -2.27. The number of pyridine rings is 1. The number of aromatic nitrogens is 4. The summed E-state index contributed by atoms with van der Waals surface area (Å²) in [6.45, 7) is 0.511. The summed E-state index contributed by atoms with van der Waals surface area (Å²) in [7, 11) is 0. The van der Waals surface area contributed by atoms with Crippen LogP contribution in [0, 0.1) is 0 Å². The van der Waals surface area contributed by atoms with Crippen LogP contribution in [0.1, 0.15) is 20.8 Å². The van der Waals surface area contributed by atoms with E-state index in [1.54, 1.807) is 0 Å². The second-order valence-electron chi connectivity index (χ2n) is 3.93. The molecule has 0 radical (unpaired) electrons. The average molecular weight is 330 g/mol. The summed E-state index contributed by atoms with van der Waals surface area (Å²) in [5.74, 6) is -1.54. The minimum Gasteiger partial charge on any atom is -0.476 e. The molecule has 21 heavy (non-hydrogen) atoms. The molecule has 0 aliphatic rings. The first-order chi connectivity index (χ1) is 9.95. The molecule has 2 aromatic heterocycles. The van der Waals surface area contributed by atoms with Crippen LogP contribution in [0.25, 0.3) is 0 Å². The zero-order valence-electron chi connectivity index (χ0n) is 10.5. The lowest BCUT2D eigenvalue weighted by atomic mass is 10.2. The van der Waals surface area contributed by atoms with Crippen molar-refractivity contribution in [3.05, 3.63) is 39.9 Å². The van der Waals surface area contributed by atoms with E-state index in [1.807, 2.05) is 0 Å². The molecule has 0 unspecified atom stereocenters. The van der Waals surface area contributed by atoms with Gasteiger partial charge in [-0.2, -0.15) is 0 Å². The number of carboxylic acid groups (broad SMARTS) is 1. The van der Waals surface area contributed by atoms with E-state index in [0.717, 1.165) is 0 Å². The van der Waals surface area contributed by atoms with Gasteiger partial charge >= 0.3 is 5.97 Å². The second-order valence-corrected chi connectivity index (χ2v) is 4.70. The van der Waals surface area contributed by atoms with Crippen LogP contribution in [0.15, 0.2) is 18.3 Å². The Morgan fingerprint density at radius 2 is 1.95 bits per heavy atom. The maximum atomic E-state index is 11.9. The van der Waals surface area contributed by atoms with Gasteiger partial charge in [0.15, 0.2) is 5.69 Å². The number of carbonyl (C=O) groups excluding carboxylic acids is 1. The van der Waals surface area contributed by atoms with Crippen LogP contribution >= 0.6 is 23.2 Å². The zero-order chi connectivity index (χ0) is 15.4. The number of rotatable bonds is 5. The molecule has 8 nitrogen and oxygen atoms in total. The standard InChI is InChI=1S/C11H9Cl2N5O3/c12-8-3-6(4-9(13)15-8)10(19)14-1-2-18-5-7(11(20)21)16-17-18/h3-5H,1-2H2,(H,14,19)(H,20,21). The van der Waals surface area contributed by atoms with Gasteiger partial charge in [0.2, 0.25) is 0 Å². The molecule has 0 aliphatic heterocycles. The summed E-state index contributed by atoms with van der Waals surface area (Å²) in [5, 5.41) is 18.6. The smallest absolute Gasteiger partial charge is 0.358 e. The SMILES string of the molecule is O=C(NCCn1cc(C(=O)O)nn1)c1cc(Cl)nc(Cl)c1. The van der Waals surface area contributed by atoms with Crippen molar-refractivity contribution in [2.24, 2.45) is 0 Å². The lowest BCUT2D eigenvalue weighted by Gasteiger charge is -2.05. The van der Waals surface area contributed by atoms with Gasteiger partial charge in [-0.15, -0.1) is 5.10 Å². The van der Waals surface area contributed by atoms with Crippen LogP contribution in [-0.4, -0.2) is 43.5 Å². The summed E-state index contributed by atoms with van der Waals surface area (Å²) >= 11 is 11.4. The third-order valence-electron chi connectivity index (χ3n) is 2.41. The topological polar surface area (TPSA) is 110 Å². The minimum atomic E-state index is -1.16. The van der Waals surface area contributed by atoms with Crippen LogP contribution in [0.5, 0.6) is 0 Å². The fourth-order valence-corrected chi connectivity index (χ4v) is 1.95. The predicted molar refractivity (Wildman–Crippen MR) is 73.6 cm³/mol. The van der Waals surface area contributed by atoms with Gasteiger partial charge in [-0.1, -0.05) is 28.4 Å². The number of hydrogen-bond acceptors (Lipinski definition) is 5. The van der Waals surface area contributed by atoms with E-state index in [0.29, 0.717) is 0 Å². The Morgan fingerprint density at radius 1 is 1.29 bits per heavy atom. The summed E-state index contributed by atoms with van der Waals surface area (Å²) in [4.78, 5) is 26.2. The third kappa shape index (κ3) is 4.14. The van der Waals surface area contributed by atoms with Crippen molar-refractivity contribution in [1.29, 1.82) is 0 Å². The first-order valence-corrected chi connectivity index (χ1v) is 6.46. The van der Waals surface area contributed by atoms with Crippen molar-refractivity contribution in [3.63, 3.8) is 0 Å². The number of nitrogens with one attached hydrogen (secondary N) is 1. The van der Waals surface area contributed by atoms with Gasteiger partial charge < -0.3 is 10.4 Å². The first kappa shape index (κ1) is 15.2. The van der Waals surface area contributed by atoms with E-state index in [2.05, 4.69) is 20.6 Å². The fraction of sp³-hybridized carbons (Fsp3) is 0.182. The Balaban J connectivity index is 1.90. The second kappa shape index (κ2) is 6.51. The minimum absolute atomic E-state index is 0.120. The Hall–Kier alpha value is -2.19. The number of halogens is 2. The van der Waals surface area contributed by atoms with Crippen LogP contribution in [0.2, 0.25) is 10.3 Å². The molecular formula is C11H9Cl2N5O3. The molecule has 2 heterocycles. The highest BCUT2D eigenvalue weighted by molar-refractivity contribution is 6.33. The van der Waals surface area contributed by atoms with Crippen molar-refractivity contribution in [2.75, 3.05) is 6.54 Å². The molecule has 0 saturated heterocycles. The molecule has 0 fully saturated rings. The molecular weight excluding hydrogens is 321 g/mol. The number of aromatic carboxylic acids is 1. The molecule has 0 bridgehead atoms. The number of amides is 1. The van der Waals surface area contributed by atoms with E-state index >= 15 is 0 Å². The van der Waals surface area contributed by atoms with Gasteiger partial charge in [0.05, 0.1) is 12.7 Å². The van der Waals surface area contributed by atoms with Crippen molar-refractivity contribution in [1.82, 2.24) is 25.3 Å². The Morgan fingerprint density at radius 3 is 2.52 bits per heavy atom. The molecule has 10 heteroatoms. The summed E-state index contributed by atoms with van der Waals surface area (Å²) in [6.07, 6.45) is 1.27. The van der Waals surface area contributed by atoms with E-state index in [9.17, 15) is 9.59 Å². The maximum absolute atomic E-state index is 11.9. The average Bonchev–Trinajstić information content (AvgIpc) is 2.86. The summed E-state index contributed by atoms with van der Waals surface area (Å²) in [5.41, 5.74) is 0.124. The predicted octanol–water partition coefficient (Wildman–Crippen LogP) is 1.11. The van der Waals surface area contributed by atoms with Crippen LogP contribution in [-0.2, 0) is 6.54 Å². The number of hydrogen-bond donors (Lipinski definition) is 2. The maximum Gasteiger partial charge on any atom is 0.358 e. The van der Waals surface area contributed by atoms with Crippen molar-refractivity contribution in [2.45, 2.75) is 6.54 Å². The Bertz CT molecular complexity index is 668. The Labute approximate surface area is 128 Å². The highest BCUT2D eigenvalue weighted by Crippen LogP contribution is 2.14. The van der Waals surface area contributed by atoms with Gasteiger partial charge in [-0.05, 0) is 12.1 Å². The molecule has 0 saturated carbocycles. The van der Waals surface area contributed by atoms with E-state index < -0.39 is 5.97 Å². The van der Waals surface area contributed by atoms with Gasteiger partial charge in [0.1, 0.15) is 10.3 Å².